The third-order valence-corrected chi connectivity index (χ3v) is 3.75. The summed E-state index contributed by atoms with van der Waals surface area (Å²) in [7, 11) is 0. The standard InChI is InChI=1S/C12H24O/c1-4-10(2)9-11-7-5-6-8-12(11,3)13/h10-11,13H,4-9H2,1-3H3/t10?,11-,12+/m0/s1. The highest BCUT2D eigenvalue weighted by atomic mass is 16.3. The lowest BCUT2D eigenvalue weighted by atomic mass is 9.72. The van der Waals surface area contributed by atoms with Gasteiger partial charge in [0.25, 0.3) is 0 Å². The van der Waals surface area contributed by atoms with Crippen molar-refractivity contribution in [2.24, 2.45) is 11.8 Å². The maximum Gasteiger partial charge on any atom is 0.0647 e. The number of aliphatic hydroxyl groups is 1. The molecule has 1 N–H and O–H groups in total. The van der Waals surface area contributed by atoms with Gasteiger partial charge in [-0.1, -0.05) is 33.1 Å². The molecule has 0 aromatic heterocycles. The van der Waals surface area contributed by atoms with E-state index in [2.05, 4.69) is 13.8 Å². The van der Waals surface area contributed by atoms with Gasteiger partial charge < -0.3 is 5.11 Å². The zero-order valence-electron chi connectivity index (χ0n) is 9.34. The van der Waals surface area contributed by atoms with Crippen molar-refractivity contribution in [3.05, 3.63) is 0 Å². The van der Waals surface area contributed by atoms with Gasteiger partial charge in [-0.2, -0.15) is 0 Å². The summed E-state index contributed by atoms with van der Waals surface area (Å²) >= 11 is 0. The van der Waals surface area contributed by atoms with E-state index >= 15 is 0 Å². The molecule has 1 rings (SSSR count). The van der Waals surface area contributed by atoms with Gasteiger partial charge in [-0.25, -0.2) is 0 Å². The highest BCUT2D eigenvalue weighted by Crippen LogP contribution is 2.37. The molecule has 1 aliphatic rings. The fraction of sp³-hybridized carbons (Fsp3) is 1.00. The summed E-state index contributed by atoms with van der Waals surface area (Å²) in [4.78, 5) is 0. The number of rotatable bonds is 3. The van der Waals surface area contributed by atoms with Gasteiger partial charge in [0.05, 0.1) is 5.60 Å². The summed E-state index contributed by atoms with van der Waals surface area (Å²) in [6.45, 7) is 6.56. The van der Waals surface area contributed by atoms with Crippen LogP contribution >= 0.6 is 0 Å². The summed E-state index contributed by atoms with van der Waals surface area (Å²) in [5.41, 5.74) is -0.373. The number of hydrogen-bond donors (Lipinski definition) is 1. The first-order valence-corrected chi connectivity index (χ1v) is 5.78. The molecule has 1 saturated carbocycles. The molecule has 0 saturated heterocycles. The van der Waals surface area contributed by atoms with Gasteiger partial charge in [-0.05, 0) is 38.0 Å². The molecule has 78 valence electrons. The van der Waals surface area contributed by atoms with E-state index in [-0.39, 0.29) is 5.60 Å². The topological polar surface area (TPSA) is 20.2 Å². The molecule has 0 radical (unpaired) electrons. The Bertz CT molecular complexity index is 151. The molecule has 3 atom stereocenters. The van der Waals surface area contributed by atoms with Crippen LogP contribution in [0.4, 0.5) is 0 Å². The Morgan fingerprint density at radius 3 is 2.69 bits per heavy atom. The van der Waals surface area contributed by atoms with E-state index in [9.17, 15) is 5.11 Å². The predicted octanol–water partition coefficient (Wildman–Crippen LogP) is 3.36. The van der Waals surface area contributed by atoms with Crippen LogP contribution in [0.1, 0.15) is 59.3 Å². The quantitative estimate of drug-likeness (QED) is 0.713. The van der Waals surface area contributed by atoms with Crippen LogP contribution in [0, 0.1) is 11.8 Å². The lowest BCUT2D eigenvalue weighted by Crippen LogP contribution is -2.38. The fourth-order valence-corrected chi connectivity index (χ4v) is 2.41. The Hall–Kier alpha value is -0.0400. The molecule has 0 aliphatic heterocycles. The molecule has 1 nitrogen and oxygen atoms in total. The van der Waals surface area contributed by atoms with E-state index < -0.39 is 0 Å². The van der Waals surface area contributed by atoms with Crippen LogP contribution in [0.3, 0.4) is 0 Å². The molecule has 1 heteroatoms. The van der Waals surface area contributed by atoms with Crippen molar-refractivity contribution < 1.29 is 5.11 Å². The zero-order valence-corrected chi connectivity index (χ0v) is 9.34. The van der Waals surface area contributed by atoms with E-state index in [0.717, 1.165) is 12.3 Å². The molecule has 1 aliphatic carbocycles. The molecule has 0 amide bonds. The largest absolute Gasteiger partial charge is 0.390 e. The van der Waals surface area contributed by atoms with Crippen molar-refractivity contribution in [2.75, 3.05) is 0 Å². The van der Waals surface area contributed by atoms with Crippen molar-refractivity contribution in [3.63, 3.8) is 0 Å². The molecule has 1 unspecified atom stereocenters. The fourth-order valence-electron chi connectivity index (χ4n) is 2.41. The lowest BCUT2D eigenvalue weighted by Gasteiger charge is -2.38. The summed E-state index contributed by atoms with van der Waals surface area (Å²) in [5, 5.41) is 10.2. The maximum atomic E-state index is 10.2. The van der Waals surface area contributed by atoms with Crippen LogP contribution in [-0.4, -0.2) is 10.7 Å². The molecule has 0 heterocycles. The monoisotopic (exact) mass is 184 g/mol. The van der Waals surface area contributed by atoms with Crippen LogP contribution in [0.25, 0.3) is 0 Å². The molecule has 13 heavy (non-hydrogen) atoms. The molecular formula is C12H24O. The molecule has 0 spiro atoms. The van der Waals surface area contributed by atoms with Crippen molar-refractivity contribution >= 4 is 0 Å². The minimum atomic E-state index is -0.373. The second kappa shape index (κ2) is 4.45. The molecule has 1 fully saturated rings. The van der Waals surface area contributed by atoms with Gasteiger partial charge in [-0.15, -0.1) is 0 Å². The van der Waals surface area contributed by atoms with Gasteiger partial charge in [0.2, 0.25) is 0 Å². The van der Waals surface area contributed by atoms with Crippen molar-refractivity contribution in [3.8, 4) is 0 Å². The first-order chi connectivity index (χ1) is 6.06. The van der Waals surface area contributed by atoms with E-state index in [1.165, 1.54) is 32.1 Å². The van der Waals surface area contributed by atoms with E-state index in [1.54, 1.807) is 0 Å². The van der Waals surface area contributed by atoms with Gasteiger partial charge >= 0.3 is 0 Å². The molecular weight excluding hydrogens is 160 g/mol. The van der Waals surface area contributed by atoms with Gasteiger partial charge in [0, 0.05) is 0 Å². The average molecular weight is 184 g/mol. The zero-order chi connectivity index (χ0) is 9.90. The maximum absolute atomic E-state index is 10.2. The predicted molar refractivity (Wildman–Crippen MR) is 56.7 cm³/mol. The normalized spacial score (nSPS) is 37.4. The minimum absolute atomic E-state index is 0.373. The highest BCUT2D eigenvalue weighted by Gasteiger charge is 2.34. The third kappa shape index (κ3) is 2.98. The van der Waals surface area contributed by atoms with E-state index in [4.69, 9.17) is 0 Å². The second-order valence-corrected chi connectivity index (χ2v) is 5.05. The summed E-state index contributed by atoms with van der Waals surface area (Å²) in [6, 6.07) is 0. The Morgan fingerprint density at radius 2 is 2.15 bits per heavy atom. The SMILES string of the molecule is CCC(C)C[C@@H]1CCCC[C@@]1(C)O. The summed E-state index contributed by atoms with van der Waals surface area (Å²) < 4.78 is 0. The Kier molecular flexibility index (Phi) is 3.78. The van der Waals surface area contributed by atoms with Crippen LogP contribution < -0.4 is 0 Å². The first-order valence-electron chi connectivity index (χ1n) is 5.78. The molecule has 0 bridgehead atoms. The minimum Gasteiger partial charge on any atom is -0.390 e. The van der Waals surface area contributed by atoms with E-state index in [1.807, 2.05) is 6.92 Å². The molecule has 0 aromatic carbocycles. The second-order valence-electron chi connectivity index (χ2n) is 5.05. The lowest BCUT2D eigenvalue weighted by molar-refractivity contribution is -0.0402. The summed E-state index contributed by atoms with van der Waals surface area (Å²) in [6.07, 6.45) is 7.22. The van der Waals surface area contributed by atoms with Gasteiger partial charge in [0.15, 0.2) is 0 Å². The van der Waals surface area contributed by atoms with E-state index in [0.29, 0.717) is 5.92 Å². The van der Waals surface area contributed by atoms with Gasteiger partial charge in [-0.3, -0.25) is 0 Å². The third-order valence-electron chi connectivity index (χ3n) is 3.75. The Labute approximate surface area is 82.5 Å². The highest BCUT2D eigenvalue weighted by molar-refractivity contribution is 4.86. The van der Waals surface area contributed by atoms with Crippen LogP contribution in [-0.2, 0) is 0 Å². The Balaban J connectivity index is 2.46. The summed E-state index contributed by atoms with van der Waals surface area (Å²) in [5.74, 6) is 1.32. The molecule has 0 aromatic rings. The van der Waals surface area contributed by atoms with Crippen LogP contribution in [0.15, 0.2) is 0 Å². The van der Waals surface area contributed by atoms with Crippen LogP contribution in [0.5, 0.6) is 0 Å². The average Bonchev–Trinajstić information content (AvgIpc) is 2.08. The smallest absolute Gasteiger partial charge is 0.0647 e. The van der Waals surface area contributed by atoms with Crippen molar-refractivity contribution in [1.29, 1.82) is 0 Å². The van der Waals surface area contributed by atoms with Crippen molar-refractivity contribution in [2.45, 2.75) is 64.9 Å². The van der Waals surface area contributed by atoms with Crippen molar-refractivity contribution in [1.82, 2.24) is 0 Å². The van der Waals surface area contributed by atoms with Crippen LogP contribution in [0.2, 0.25) is 0 Å². The van der Waals surface area contributed by atoms with Gasteiger partial charge in [0.1, 0.15) is 0 Å². The number of hydrogen-bond acceptors (Lipinski definition) is 1. The Morgan fingerprint density at radius 1 is 1.46 bits per heavy atom. The first kappa shape index (κ1) is 11.0.